The molecule has 1 saturated heterocycles. The third kappa shape index (κ3) is 7.53. The Morgan fingerprint density at radius 2 is 1.84 bits per heavy atom. The van der Waals surface area contributed by atoms with Crippen LogP contribution in [-0.4, -0.2) is 88.6 Å². The van der Waals surface area contributed by atoms with Crippen molar-refractivity contribution in [1.82, 2.24) is 20.3 Å². The van der Waals surface area contributed by atoms with Gasteiger partial charge in [-0.05, 0) is 99.8 Å². The van der Waals surface area contributed by atoms with Crippen LogP contribution in [0.1, 0.15) is 55.5 Å². The third-order valence-electron chi connectivity index (χ3n) is 11.5. The van der Waals surface area contributed by atoms with Gasteiger partial charge in [0.15, 0.2) is 13.9 Å². The number of nitrogens with zero attached hydrogens (tertiary/aromatic N) is 5. The van der Waals surface area contributed by atoms with E-state index in [9.17, 15) is 19.8 Å². The number of aryl methyl sites for hydroxylation is 1. The van der Waals surface area contributed by atoms with Crippen LogP contribution in [0.15, 0.2) is 72.9 Å². The minimum Gasteiger partial charge on any atom is -0.494 e. The number of aromatic nitrogens is 3. The number of hydrogen-bond donors (Lipinski definition) is 4. The molecule has 0 saturated carbocycles. The van der Waals surface area contributed by atoms with Gasteiger partial charge in [-0.25, -0.2) is 0 Å². The lowest BCUT2D eigenvalue weighted by Crippen LogP contribution is -2.49. The van der Waals surface area contributed by atoms with Crippen LogP contribution in [0.25, 0.3) is 0 Å². The Bertz CT molecular complexity index is 2040. The minimum absolute atomic E-state index is 0.0100. The Labute approximate surface area is 329 Å². The maximum Gasteiger partial charge on any atom is 0.264 e. The van der Waals surface area contributed by atoms with Gasteiger partial charge < -0.3 is 34.7 Å². The number of carbonyl (C=O) groups excluding carboxylic acids is 2. The van der Waals surface area contributed by atoms with Crippen molar-refractivity contribution in [3.05, 3.63) is 95.3 Å². The van der Waals surface area contributed by atoms with Crippen LogP contribution < -0.4 is 19.9 Å². The van der Waals surface area contributed by atoms with E-state index in [1.807, 2.05) is 99.9 Å². The number of amides is 2. The Morgan fingerprint density at radius 3 is 2.61 bits per heavy atom. The van der Waals surface area contributed by atoms with Gasteiger partial charge in [-0.1, -0.05) is 42.5 Å². The van der Waals surface area contributed by atoms with Crippen LogP contribution >= 0.6 is 0 Å². The first-order valence-corrected chi connectivity index (χ1v) is 22.9. The number of nitrogens with one attached hydrogen (secondary N) is 1. The van der Waals surface area contributed by atoms with E-state index < -0.39 is 26.1 Å². The number of aliphatic hydroxyl groups is 2. The predicted octanol–water partition coefficient (Wildman–Crippen LogP) is 4.60. The summed E-state index contributed by atoms with van der Waals surface area (Å²) in [5.74, 6) is 0.208. The molecule has 2 amide bonds. The summed E-state index contributed by atoms with van der Waals surface area (Å²) in [6, 6.07) is 20.9. The summed E-state index contributed by atoms with van der Waals surface area (Å²) >= 11 is 0. The molecular formula is C42H54N6O7Si. The fourth-order valence-electron chi connectivity index (χ4n) is 9.09. The second kappa shape index (κ2) is 16.6. The lowest BCUT2D eigenvalue weighted by molar-refractivity contribution is -0.146. The molecule has 1 aromatic heterocycles. The van der Waals surface area contributed by atoms with Crippen LogP contribution in [-0.2, 0) is 45.9 Å². The maximum atomic E-state index is 15.0. The number of unbranched alkanes of at least 4 members (excludes halogenated alkanes) is 1. The van der Waals surface area contributed by atoms with E-state index in [2.05, 4.69) is 15.6 Å². The quantitative estimate of drug-likeness (QED) is 0.0934. The molecule has 56 heavy (non-hydrogen) atoms. The van der Waals surface area contributed by atoms with Crippen molar-refractivity contribution < 1.29 is 34.1 Å². The average Bonchev–Trinajstić information content (AvgIpc) is 3.82. The van der Waals surface area contributed by atoms with E-state index >= 15 is 4.79 Å². The highest BCUT2D eigenvalue weighted by atomic mass is 28.4. The van der Waals surface area contributed by atoms with Gasteiger partial charge in [0, 0.05) is 55.1 Å². The second-order valence-corrected chi connectivity index (χ2v) is 19.7. The van der Waals surface area contributed by atoms with Crippen molar-refractivity contribution in [1.29, 1.82) is 0 Å². The van der Waals surface area contributed by atoms with Crippen molar-refractivity contribution in [2.45, 2.75) is 95.4 Å². The van der Waals surface area contributed by atoms with Crippen LogP contribution in [0, 0.1) is 5.92 Å². The van der Waals surface area contributed by atoms with E-state index in [0.717, 1.165) is 40.2 Å². The number of carbonyl (C=O) groups is 2. The summed E-state index contributed by atoms with van der Waals surface area (Å²) in [7, 11) is -2.86. The number of hydrogen-bond acceptors (Lipinski definition) is 10. The van der Waals surface area contributed by atoms with Crippen molar-refractivity contribution >= 4 is 37.2 Å². The van der Waals surface area contributed by atoms with E-state index in [4.69, 9.17) is 9.47 Å². The molecule has 4 aromatic rings. The summed E-state index contributed by atoms with van der Waals surface area (Å²) in [6.07, 6.45) is 4.29. The molecule has 14 heteroatoms. The zero-order valence-corrected chi connectivity index (χ0v) is 33.7. The molecule has 4 heterocycles. The van der Waals surface area contributed by atoms with Crippen molar-refractivity contribution in [2.24, 2.45) is 5.92 Å². The lowest BCUT2D eigenvalue weighted by Gasteiger charge is -2.35. The first-order chi connectivity index (χ1) is 27.0. The molecule has 5 atom stereocenters. The molecular weight excluding hydrogens is 729 g/mol. The molecule has 3 aliphatic heterocycles. The van der Waals surface area contributed by atoms with Crippen molar-refractivity contribution in [3.63, 3.8) is 0 Å². The zero-order chi connectivity index (χ0) is 39.6. The molecule has 1 unspecified atom stereocenters. The number of benzene rings is 3. The topological polar surface area (TPSA) is 163 Å². The van der Waals surface area contributed by atoms with Crippen LogP contribution in [0.5, 0.6) is 5.75 Å². The van der Waals surface area contributed by atoms with E-state index in [1.54, 1.807) is 14.5 Å². The standard InChI is InChI=1S/C42H54N6O7Si/c1-5-54-33-15-16-36-30(24-33)25-35(43-19-8-9-21-49)40(51)48(36)32-12-10-11-29(23-32)26-47-37-14-7-6-13-34(37)42(41(47)52)28(2)39(56(3,4)53)38(55-42)17-20-46-27-31(18-22-50)44-45-46/h6-7,10-16,23-24,27-28,35,38-39,43,49-50,53H,5,8-9,17-22,25-26H2,1-4H3/t28-,35?,38+,39-,42+/m1/s1. The molecule has 1 fully saturated rings. The van der Waals surface area contributed by atoms with Gasteiger partial charge in [-0.2, -0.15) is 0 Å². The maximum absolute atomic E-state index is 15.0. The normalized spacial score (nSPS) is 23.3. The van der Waals surface area contributed by atoms with Crippen molar-refractivity contribution in [3.8, 4) is 5.75 Å². The van der Waals surface area contributed by atoms with Crippen LogP contribution in [0.4, 0.5) is 17.1 Å². The van der Waals surface area contributed by atoms with E-state index in [0.29, 0.717) is 56.8 Å². The average molecular weight is 783 g/mol. The molecule has 0 bridgehead atoms. The number of aliphatic hydroxyl groups excluding tert-OH is 2. The predicted molar refractivity (Wildman–Crippen MR) is 215 cm³/mol. The molecule has 1 spiro atoms. The molecule has 3 aliphatic rings. The highest BCUT2D eigenvalue weighted by molar-refractivity contribution is 6.71. The number of fused-ring (bicyclic) bond motifs is 3. The fourth-order valence-corrected chi connectivity index (χ4v) is 11.7. The zero-order valence-electron chi connectivity index (χ0n) is 32.7. The lowest BCUT2D eigenvalue weighted by atomic mass is 9.82. The van der Waals surface area contributed by atoms with Gasteiger partial charge in [0.2, 0.25) is 5.91 Å². The Balaban J connectivity index is 1.18. The van der Waals surface area contributed by atoms with Crippen LogP contribution in [0.3, 0.4) is 0 Å². The number of anilines is 3. The van der Waals surface area contributed by atoms with Gasteiger partial charge in [0.25, 0.3) is 5.91 Å². The minimum atomic E-state index is -2.86. The molecule has 7 rings (SSSR count). The Morgan fingerprint density at radius 1 is 1.02 bits per heavy atom. The van der Waals surface area contributed by atoms with Gasteiger partial charge in [-0.3, -0.25) is 19.2 Å². The van der Waals surface area contributed by atoms with Gasteiger partial charge in [0.1, 0.15) is 5.75 Å². The largest absolute Gasteiger partial charge is 0.494 e. The van der Waals surface area contributed by atoms with Crippen LogP contribution in [0.2, 0.25) is 18.6 Å². The molecule has 3 aromatic carbocycles. The highest BCUT2D eigenvalue weighted by Crippen LogP contribution is 2.59. The molecule has 4 N–H and O–H groups in total. The molecule has 13 nitrogen and oxygen atoms in total. The summed E-state index contributed by atoms with van der Waals surface area (Å²) < 4.78 is 14.5. The van der Waals surface area contributed by atoms with Gasteiger partial charge >= 0.3 is 0 Å². The fraction of sp³-hybridized carbons (Fsp3) is 0.476. The summed E-state index contributed by atoms with van der Waals surface area (Å²) in [5, 5.41) is 30.4. The third-order valence-corrected chi connectivity index (χ3v) is 14.0. The number of rotatable bonds is 16. The van der Waals surface area contributed by atoms with Crippen molar-refractivity contribution in [2.75, 3.05) is 36.2 Å². The Hall–Kier alpha value is -4.44. The van der Waals surface area contributed by atoms with E-state index in [1.165, 1.54) is 0 Å². The first-order valence-electron chi connectivity index (χ1n) is 19.8. The molecule has 0 radical (unpaired) electrons. The number of ether oxygens (including phenoxy) is 2. The van der Waals surface area contributed by atoms with E-state index in [-0.39, 0.29) is 43.0 Å². The molecule has 298 valence electrons. The monoisotopic (exact) mass is 782 g/mol. The summed E-state index contributed by atoms with van der Waals surface area (Å²) in [6.45, 7) is 9.79. The molecule has 0 aliphatic carbocycles. The second-order valence-electron chi connectivity index (χ2n) is 15.7. The summed E-state index contributed by atoms with van der Waals surface area (Å²) in [4.78, 5) is 44.5. The summed E-state index contributed by atoms with van der Waals surface area (Å²) in [5.41, 5.74) is 4.09. The number of para-hydroxylation sites is 1. The smallest absolute Gasteiger partial charge is 0.264 e. The SMILES string of the molecule is CCOc1ccc2c(c1)CC(NCCCCO)C(=O)N2c1cccc(CN2C(=O)[C@@]3(O[C@@H](CCn4cc(CCO)nn4)[C@H]([Si](C)(C)O)[C@H]3C)c3ccccc32)c1. The highest BCUT2D eigenvalue weighted by Gasteiger charge is 2.66. The Kier molecular flexibility index (Phi) is 11.8. The first kappa shape index (κ1) is 39.8. The van der Waals surface area contributed by atoms with Gasteiger partial charge in [0.05, 0.1) is 42.4 Å². The van der Waals surface area contributed by atoms with Gasteiger partial charge in [-0.15, -0.1) is 5.10 Å².